The van der Waals surface area contributed by atoms with E-state index >= 15 is 0 Å². The Hall–Kier alpha value is -3.98. The molecule has 0 heterocycles. The number of nitrogens with one attached hydrogen (secondary N) is 1. The third-order valence-electron chi connectivity index (χ3n) is 3.79. The second-order valence-corrected chi connectivity index (χ2v) is 5.50. The lowest BCUT2D eigenvalue weighted by Gasteiger charge is -2.08. The molecule has 0 saturated heterocycles. The molecule has 6 nitrogen and oxygen atoms in total. The van der Waals surface area contributed by atoms with Crippen LogP contribution in [0, 0.1) is 21.4 Å². The molecule has 126 valence electrons. The second-order valence-electron chi connectivity index (χ2n) is 5.50. The number of amides is 1. The number of non-ortho nitro benzene ring substituents is 1. The molecule has 3 aromatic carbocycles. The zero-order chi connectivity index (χ0) is 18.5. The first-order valence-corrected chi connectivity index (χ1v) is 7.74. The van der Waals surface area contributed by atoms with Crippen LogP contribution >= 0.6 is 0 Å². The van der Waals surface area contributed by atoms with Gasteiger partial charge in [-0.1, -0.05) is 48.5 Å². The molecule has 0 atom stereocenters. The predicted octanol–water partition coefficient (Wildman–Crippen LogP) is 4.29. The van der Waals surface area contributed by atoms with Gasteiger partial charge < -0.3 is 5.32 Å². The molecular weight excluding hydrogens is 330 g/mol. The summed E-state index contributed by atoms with van der Waals surface area (Å²) < 4.78 is 0. The molecule has 0 spiro atoms. The van der Waals surface area contributed by atoms with E-state index in [4.69, 9.17) is 0 Å². The first-order chi connectivity index (χ1) is 12.6. The van der Waals surface area contributed by atoms with Crippen molar-refractivity contribution in [3.05, 3.63) is 88.0 Å². The summed E-state index contributed by atoms with van der Waals surface area (Å²) in [6, 6.07) is 20.7. The van der Waals surface area contributed by atoms with Crippen LogP contribution in [0.5, 0.6) is 0 Å². The molecule has 0 aliphatic heterocycles. The van der Waals surface area contributed by atoms with Crippen molar-refractivity contribution in [2.75, 3.05) is 5.32 Å². The van der Waals surface area contributed by atoms with Gasteiger partial charge in [-0.15, -0.1) is 0 Å². The monoisotopic (exact) mass is 343 g/mol. The van der Waals surface area contributed by atoms with E-state index in [1.165, 1.54) is 24.3 Å². The first-order valence-electron chi connectivity index (χ1n) is 7.74. The minimum atomic E-state index is -0.574. The molecule has 3 aromatic rings. The van der Waals surface area contributed by atoms with Crippen molar-refractivity contribution in [3.63, 3.8) is 0 Å². The highest BCUT2D eigenvalue weighted by atomic mass is 16.6. The topological polar surface area (TPSA) is 96.0 Å². The number of nitriles is 1. The van der Waals surface area contributed by atoms with E-state index in [1.54, 1.807) is 12.1 Å². The number of hydrogen-bond donors (Lipinski definition) is 1. The predicted molar refractivity (Wildman–Crippen MR) is 99.3 cm³/mol. The number of nitrogens with zero attached hydrogens (tertiary/aromatic N) is 2. The number of carbonyl (C=O) groups is 1. The van der Waals surface area contributed by atoms with E-state index in [2.05, 4.69) is 5.32 Å². The summed E-state index contributed by atoms with van der Waals surface area (Å²) in [6.45, 7) is 0. The third kappa shape index (κ3) is 3.57. The number of anilines is 1. The number of nitro benzene ring substituents is 1. The summed E-state index contributed by atoms with van der Waals surface area (Å²) in [7, 11) is 0. The molecule has 0 fully saturated rings. The van der Waals surface area contributed by atoms with E-state index in [0.717, 1.165) is 10.8 Å². The Morgan fingerprint density at radius 2 is 1.81 bits per heavy atom. The molecule has 3 rings (SSSR count). The Morgan fingerprint density at radius 1 is 1.08 bits per heavy atom. The van der Waals surface area contributed by atoms with Crippen LogP contribution in [0.3, 0.4) is 0 Å². The molecule has 0 radical (unpaired) electrons. The number of fused-ring (bicyclic) bond motifs is 1. The maximum atomic E-state index is 12.5. The van der Waals surface area contributed by atoms with Crippen LogP contribution in [0.15, 0.2) is 72.3 Å². The van der Waals surface area contributed by atoms with Crippen LogP contribution in [-0.4, -0.2) is 10.8 Å². The van der Waals surface area contributed by atoms with Gasteiger partial charge in [-0.25, -0.2) is 0 Å². The Morgan fingerprint density at radius 3 is 2.58 bits per heavy atom. The second kappa shape index (κ2) is 7.28. The van der Waals surface area contributed by atoms with E-state index in [9.17, 15) is 20.2 Å². The normalized spacial score (nSPS) is 11.0. The molecule has 0 saturated carbocycles. The van der Waals surface area contributed by atoms with Crippen molar-refractivity contribution in [3.8, 4) is 6.07 Å². The zero-order valence-electron chi connectivity index (χ0n) is 13.5. The van der Waals surface area contributed by atoms with E-state index in [1.807, 2.05) is 42.5 Å². The Balaban J connectivity index is 1.91. The summed E-state index contributed by atoms with van der Waals surface area (Å²) >= 11 is 0. The van der Waals surface area contributed by atoms with Crippen molar-refractivity contribution in [2.24, 2.45) is 0 Å². The van der Waals surface area contributed by atoms with Gasteiger partial charge in [0, 0.05) is 23.2 Å². The van der Waals surface area contributed by atoms with Crippen LogP contribution in [-0.2, 0) is 4.79 Å². The molecule has 1 N–H and O–H groups in total. The van der Waals surface area contributed by atoms with Crippen LogP contribution < -0.4 is 5.32 Å². The molecule has 0 unspecified atom stereocenters. The van der Waals surface area contributed by atoms with E-state index in [-0.39, 0.29) is 11.3 Å². The number of rotatable bonds is 4. The number of carbonyl (C=O) groups excluding carboxylic acids is 1. The van der Waals surface area contributed by atoms with Gasteiger partial charge in [-0.3, -0.25) is 14.9 Å². The van der Waals surface area contributed by atoms with Gasteiger partial charge in [0.15, 0.2) is 0 Å². The highest BCUT2D eigenvalue weighted by Crippen LogP contribution is 2.24. The maximum absolute atomic E-state index is 12.5. The molecule has 26 heavy (non-hydrogen) atoms. The fourth-order valence-corrected chi connectivity index (χ4v) is 2.57. The minimum absolute atomic E-state index is 0.106. The summed E-state index contributed by atoms with van der Waals surface area (Å²) in [5.41, 5.74) is 0.751. The van der Waals surface area contributed by atoms with Gasteiger partial charge in [0.2, 0.25) is 0 Å². The fourth-order valence-electron chi connectivity index (χ4n) is 2.57. The van der Waals surface area contributed by atoms with Gasteiger partial charge >= 0.3 is 0 Å². The summed E-state index contributed by atoms with van der Waals surface area (Å²) in [4.78, 5) is 22.8. The number of nitro groups is 1. The lowest BCUT2D eigenvalue weighted by Crippen LogP contribution is -2.13. The van der Waals surface area contributed by atoms with E-state index < -0.39 is 10.8 Å². The van der Waals surface area contributed by atoms with Crippen LogP contribution in [0.1, 0.15) is 5.56 Å². The number of benzene rings is 3. The molecule has 6 heteroatoms. The molecule has 0 aromatic heterocycles. The van der Waals surface area contributed by atoms with Crippen molar-refractivity contribution >= 4 is 34.1 Å². The molecule has 0 bridgehead atoms. The van der Waals surface area contributed by atoms with Crippen LogP contribution in [0.2, 0.25) is 0 Å². The first kappa shape index (κ1) is 16.9. The summed E-state index contributed by atoms with van der Waals surface area (Å²) in [5.74, 6) is -0.574. The largest absolute Gasteiger partial charge is 0.321 e. The summed E-state index contributed by atoms with van der Waals surface area (Å²) in [6.07, 6.45) is 1.33. The zero-order valence-corrected chi connectivity index (χ0v) is 13.5. The Labute approximate surface area is 149 Å². The summed E-state index contributed by atoms with van der Waals surface area (Å²) in [5, 5.41) is 24.7. The molecule has 0 aliphatic carbocycles. The molecule has 1 amide bonds. The van der Waals surface area contributed by atoms with Crippen molar-refractivity contribution in [1.82, 2.24) is 0 Å². The van der Waals surface area contributed by atoms with Crippen molar-refractivity contribution in [2.45, 2.75) is 0 Å². The Kier molecular flexibility index (Phi) is 4.72. The molecule has 0 aliphatic rings. The van der Waals surface area contributed by atoms with Gasteiger partial charge in [-0.05, 0) is 23.1 Å². The maximum Gasteiger partial charge on any atom is 0.270 e. The Bertz CT molecular complexity index is 1080. The van der Waals surface area contributed by atoms with Gasteiger partial charge in [0.25, 0.3) is 11.6 Å². The molecular formula is C20H13N3O3. The highest BCUT2D eigenvalue weighted by Gasteiger charge is 2.12. The van der Waals surface area contributed by atoms with Crippen molar-refractivity contribution < 1.29 is 9.72 Å². The fraction of sp³-hybridized carbons (Fsp3) is 0. The van der Waals surface area contributed by atoms with Crippen molar-refractivity contribution in [1.29, 1.82) is 5.26 Å². The van der Waals surface area contributed by atoms with E-state index in [0.29, 0.717) is 11.3 Å². The van der Waals surface area contributed by atoms with Gasteiger partial charge in [0.1, 0.15) is 11.6 Å². The number of hydrogen-bond acceptors (Lipinski definition) is 4. The van der Waals surface area contributed by atoms with Gasteiger partial charge in [0.05, 0.1) is 4.92 Å². The quantitative estimate of drug-likeness (QED) is 0.331. The SMILES string of the molecule is N#C/C(=C\c1cccc([N+](=O)[O-])c1)C(=O)Nc1cccc2ccccc12. The average molecular weight is 343 g/mol. The lowest BCUT2D eigenvalue weighted by atomic mass is 10.1. The minimum Gasteiger partial charge on any atom is -0.321 e. The highest BCUT2D eigenvalue weighted by molar-refractivity contribution is 6.12. The third-order valence-corrected chi connectivity index (χ3v) is 3.79. The van der Waals surface area contributed by atoms with Crippen LogP contribution in [0.25, 0.3) is 16.8 Å². The smallest absolute Gasteiger partial charge is 0.270 e. The lowest BCUT2D eigenvalue weighted by molar-refractivity contribution is -0.384. The standard InChI is InChI=1S/C20H13N3O3/c21-13-16(11-14-5-3-8-17(12-14)23(25)26)20(24)22-19-10-4-7-15-6-1-2-9-18(15)19/h1-12H,(H,22,24)/b16-11+. The van der Waals surface area contributed by atoms with Crippen LogP contribution in [0.4, 0.5) is 11.4 Å². The average Bonchev–Trinajstić information content (AvgIpc) is 2.66. The van der Waals surface area contributed by atoms with Gasteiger partial charge in [-0.2, -0.15) is 5.26 Å².